The van der Waals surface area contributed by atoms with Gasteiger partial charge in [0.05, 0.1) is 16.4 Å². The fourth-order valence-electron chi connectivity index (χ4n) is 7.22. The van der Waals surface area contributed by atoms with Crippen LogP contribution in [0.25, 0.3) is 94.7 Å². The predicted octanol–water partition coefficient (Wildman–Crippen LogP) is 11.5. The molecule has 3 aromatic heterocycles. The molecule has 0 aliphatic rings. The van der Waals surface area contributed by atoms with E-state index in [1.165, 1.54) is 5.39 Å². The number of nitrogens with zero attached hydrogens (tertiary/aromatic N) is 4. The highest BCUT2D eigenvalue weighted by Crippen LogP contribution is 2.46. The van der Waals surface area contributed by atoms with E-state index in [4.69, 9.17) is 19.4 Å². The molecule has 0 saturated heterocycles. The van der Waals surface area contributed by atoms with Crippen molar-refractivity contribution in [2.24, 2.45) is 0 Å². The van der Waals surface area contributed by atoms with E-state index in [2.05, 4.69) is 108 Å². The van der Waals surface area contributed by atoms with Crippen molar-refractivity contribution in [2.75, 3.05) is 0 Å². The maximum absolute atomic E-state index is 6.94. The van der Waals surface area contributed by atoms with Crippen LogP contribution in [0.3, 0.4) is 0 Å². The number of hydrogen-bond acceptors (Lipinski definition) is 4. The zero-order valence-corrected chi connectivity index (χ0v) is 26.9. The van der Waals surface area contributed by atoms with Gasteiger partial charge in [0.2, 0.25) is 0 Å². The topological polar surface area (TPSA) is 56.7 Å². The Kier molecular flexibility index (Phi) is 6.42. The lowest BCUT2D eigenvalue weighted by molar-refractivity contribution is 0.670. The number of benzene rings is 7. The van der Waals surface area contributed by atoms with Crippen LogP contribution in [0.4, 0.5) is 0 Å². The zero-order valence-electron chi connectivity index (χ0n) is 26.9. The van der Waals surface area contributed by atoms with Crippen LogP contribution in [0, 0.1) is 0 Å². The fraction of sp³-hybridized carbons (Fsp3) is 0. The highest BCUT2D eigenvalue weighted by atomic mass is 16.3. The van der Waals surface area contributed by atoms with Crippen LogP contribution in [0.1, 0.15) is 0 Å². The molecule has 0 unspecified atom stereocenters. The Hall–Kier alpha value is -6.85. The summed E-state index contributed by atoms with van der Waals surface area (Å²) in [5.41, 5.74) is 9.72. The highest BCUT2D eigenvalue weighted by Gasteiger charge is 2.24. The molecule has 10 rings (SSSR count). The maximum atomic E-state index is 6.94. The maximum Gasteiger partial charge on any atom is 0.164 e. The Morgan fingerprint density at radius 1 is 0.400 bits per heavy atom. The summed E-state index contributed by atoms with van der Waals surface area (Å²) in [6.07, 6.45) is 0. The number of para-hydroxylation sites is 2. The molecule has 0 amide bonds. The summed E-state index contributed by atoms with van der Waals surface area (Å²) in [5, 5.41) is 4.33. The van der Waals surface area contributed by atoms with E-state index in [0.717, 1.165) is 71.9 Å². The molecule has 3 heterocycles. The molecule has 0 bridgehead atoms. The fourth-order valence-corrected chi connectivity index (χ4v) is 7.22. The van der Waals surface area contributed by atoms with Crippen LogP contribution in [-0.2, 0) is 0 Å². The van der Waals surface area contributed by atoms with Crippen molar-refractivity contribution in [3.05, 3.63) is 170 Å². The van der Waals surface area contributed by atoms with Crippen molar-refractivity contribution < 1.29 is 4.42 Å². The molecule has 7 aromatic carbocycles. The SMILES string of the molecule is c1ccc(-c2nc(-c3ccccc3)nc(-c3ccc(-c4ccccc4)c4oc5ccc6c7ccccc7n(-c7ccccc7)c6c5c34)n2)cc1. The molecule has 5 nitrogen and oxygen atoms in total. The van der Waals surface area contributed by atoms with E-state index in [1.54, 1.807) is 0 Å². The van der Waals surface area contributed by atoms with Gasteiger partial charge in [0.1, 0.15) is 11.2 Å². The van der Waals surface area contributed by atoms with Crippen LogP contribution < -0.4 is 0 Å². The van der Waals surface area contributed by atoms with E-state index in [9.17, 15) is 0 Å². The molecule has 0 saturated carbocycles. The minimum absolute atomic E-state index is 0.587. The number of fused-ring (bicyclic) bond motifs is 7. The summed E-state index contributed by atoms with van der Waals surface area (Å²) >= 11 is 0. The molecule has 0 radical (unpaired) electrons. The third-order valence-corrected chi connectivity index (χ3v) is 9.46. The lowest BCUT2D eigenvalue weighted by Crippen LogP contribution is -2.00. The van der Waals surface area contributed by atoms with Crippen LogP contribution in [0.5, 0.6) is 0 Å². The van der Waals surface area contributed by atoms with Gasteiger partial charge in [0.25, 0.3) is 0 Å². The van der Waals surface area contributed by atoms with Gasteiger partial charge in [-0.15, -0.1) is 0 Å². The second kappa shape index (κ2) is 11.4. The van der Waals surface area contributed by atoms with Crippen molar-refractivity contribution >= 4 is 43.7 Å². The van der Waals surface area contributed by atoms with Gasteiger partial charge in [-0.2, -0.15) is 0 Å². The predicted molar refractivity (Wildman–Crippen MR) is 203 cm³/mol. The van der Waals surface area contributed by atoms with E-state index >= 15 is 0 Å². The largest absolute Gasteiger partial charge is 0.455 e. The normalized spacial score (nSPS) is 11.6. The molecule has 0 spiro atoms. The Balaban J connectivity index is 1.38. The summed E-state index contributed by atoms with van der Waals surface area (Å²) in [6.45, 7) is 0. The molecule has 0 N–H and O–H groups in total. The second-order valence-corrected chi connectivity index (χ2v) is 12.4. The standard InChI is InChI=1S/C45H28N4O/c1-5-15-29(16-6-1)33-25-26-36(45-47-43(30-17-7-2-8-18-30)46-44(48-45)31-19-9-3-10-20-31)39-40-38(50-42(33)39)28-27-35-34-23-13-14-24-37(34)49(41(35)40)32-21-11-4-12-22-32/h1-28H. The van der Waals surface area contributed by atoms with Crippen molar-refractivity contribution in [1.82, 2.24) is 19.5 Å². The first-order valence-corrected chi connectivity index (χ1v) is 16.7. The van der Waals surface area contributed by atoms with Gasteiger partial charge in [-0.25, -0.2) is 15.0 Å². The van der Waals surface area contributed by atoms with E-state index in [1.807, 2.05) is 66.7 Å². The smallest absolute Gasteiger partial charge is 0.164 e. The first kappa shape index (κ1) is 28.2. The third kappa shape index (κ3) is 4.45. The Labute approximate surface area is 287 Å². The van der Waals surface area contributed by atoms with Crippen LogP contribution in [-0.4, -0.2) is 19.5 Å². The number of rotatable bonds is 5. The monoisotopic (exact) mass is 640 g/mol. The van der Waals surface area contributed by atoms with Gasteiger partial charge >= 0.3 is 0 Å². The number of furan rings is 1. The number of aromatic nitrogens is 4. The highest BCUT2D eigenvalue weighted by molar-refractivity contribution is 6.28. The summed E-state index contributed by atoms with van der Waals surface area (Å²) in [6, 6.07) is 58.3. The minimum Gasteiger partial charge on any atom is -0.455 e. The van der Waals surface area contributed by atoms with Gasteiger partial charge in [-0.05, 0) is 48.0 Å². The molecule has 0 aliphatic heterocycles. The summed E-state index contributed by atoms with van der Waals surface area (Å²) in [4.78, 5) is 15.3. The molecular formula is C45H28N4O. The zero-order chi connectivity index (χ0) is 33.0. The second-order valence-electron chi connectivity index (χ2n) is 12.4. The Morgan fingerprint density at radius 2 is 0.940 bits per heavy atom. The lowest BCUT2D eigenvalue weighted by atomic mass is 9.97. The Bertz CT molecular complexity index is 2780. The average molecular weight is 641 g/mol. The van der Waals surface area contributed by atoms with Gasteiger partial charge in [0, 0.05) is 44.1 Å². The first-order valence-electron chi connectivity index (χ1n) is 16.7. The van der Waals surface area contributed by atoms with Gasteiger partial charge in [-0.3, -0.25) is 0 Å². The number of hydrogen-bond donors (Lipinski definition) is 0. The molecular weight excluding hydrogens is 613 g/mol. The lowest BCUT2D eigenvalue weighted by Gasteiger charge is -2.12. The summed E-state index contributed by atoms with van der Waals surface area (Å²) in [7, 11) is 0. The van der Waals surface area contributed by atoms with Crippen LogP contribution >= 0.6 is 0 Å². The summed E-state index contributed by atoms with van der Waals surface area (Å²) < 4.78 is 9.30. The molecule has 50 heavy (non-hydrogen) atoms. The van der Waals surface area contributed by atoms with Crippen LogP contribution in [0.15, 0.2) is 174 Å². The van der Waals surface area contributed by atoms with Crippen molar-refractivity contribution in [3.8, 4) is 51.0 Å². The summed E-state index contributed by atoms with van der Waals surface area (Å²) in [5.74, 6) is 1.82. The molecule has 5 heteroatoms. The van der Waals surface area contributed by atoms with E-state index < -0.39 is 0 Å². The third-order valence-electron chi connectivity index (χ3n) is 9.46. The first-order chi connectivity index (χ1) is 24.8. The van der Waals surface area contributed by atoms with E-state index in [-0.39, 0.29) is 0 Å². The molecule has 0 aliphatic carbocycles. The van der Waals surface area contributed by atoms with Gasteiger partial charge in [0.15, 0.2) is 17.5 Å². The molecule has 0 atom stereocenters. The quantitative estimate of drug-likeness (QED) is 0.188. The minimum atomic E-state index is 0.587. The van der Waals surface area contributed by atoms with Crippen molar-refractivity contribution in [1.29, 1.82) is 0 Å². The molecule has 10 aromatic rings. The molecule has 234 valence electrons. The van der Waals surface area contributed by atoms with Crippen molar-refractivity contribution in [3.63, 3.8) is 0 Å². The van der Waals surface area contributed by atoms with Crippen LogP contribution in [0.2, 0.25) is 0 Å². The van der Waals surface area contributed by atoms with Crippen molar-refractivity contribution in [2.45, 2.75) is 0 Å². The average Bonchev–Trinajstić information content (AvgIpc) is 3.75. The molecule has 0 fully saturated rings. The van der Waals surface area contributed by atoms with E-state index in [0.29, 0.717) is 17.5 Å². The van der Waals surface area contributed by atoms with Gasteiger partial charge in [-0.1, -0.05) is 127 Å². The Morgan fingerprint density at radius 3 is 1.60 bits per heavy atom. The van der Waals surface area contributed by atoms with Gasteiger partial charge < -0.3 is 8.98 Å².